The summed E-state index contributed by atoms with van der Waals surface area (Å²) in [5.41, 5.74) is 0.130. The molecule has 6 heteroatoms. The molecule has 1 atom stereocenters. The van der Waals surface area contributed by atoms with Crippen molar-refractivity contribution < 1.29 is 14.3 Å². The van der Waals surface area contributed by atoms with Gasteiger partial charge in [-0.05, 0) is 71.4 Å². The number of carbonyl (C=O) groups is 2. The van der Waals surface area contributed by atoms with Crippen LogP contribution in [0, 0.1) is 5.92 Å². The van der Waals surface area contributed by atoms with E-state index in [4.69, 9.17) is 4.74 Å². The summed E-state index contributed by atoms with van der Waals surface area (Å²) in [4.78, 5) is 33.1. The van der Waals surface area contributed by atoms with Crippen LogP contribution in [0.5, 0.6) is 0 Å². The number of piperidine rings is 1. The Morgan fingerprint density at radius 2 is 1.96 bits per heavy atom. The molecule has 1 aromatic rings. The molecule has 0 bridgehead atoms. The van der Waals surface area contributed by atoms with Crippen molar-refractivity contribution in [3.05, 3.63) is 23.9 Å². The van der Waals surface area contributed by atoms with Gasteiger partial charge in [-0.15, -0.1) is 0 Å². The largest absolute Gasteiger partial charge is 0.444 e. The van der Waals surface area contributed by atoms with E-state index in [1.807, 2.05) is 37.8 Å². The van der Waals surface area contributed by atoms with Gasteiger partial charge in [0.1, 0.15) is 11.4 Å². The van der Waals surface area contributed by atoms with Gasteiger partial charge in [0, 0.05) is 31.4 Å². The van der Waals surface area contributed by atoms with Crippen LogP contribution >= 0.6 is 0 Å². The Morgan fingerprint density at radius 3 is 2.50 bits per heavy atom. The van der Waals surface area contributed by atoms with Crippen LogP contribution in [0.2, 0.25) is 0 Å². The molecule has 0 radical (unpaired) electrons. The van der Waals surface area contributed by atoms with Crippen LogP contribution in [0.1, 0.15) is 70.2 Å². The number of ketones is 1. The van der Waals surface area contributed by atoms with E-state index < -0.39 is 5.60 Å². The highest BCUT2D eigenvalue weighted by Crippen LogP contribution is 2.30. The minimum absolute atomic E-state index is 0.0205. The van der Waals surface area contributed by atoms with Crippen LogP contribution in [0.25, 0.3) is 0 Å². The number of nitrogens with zero attached hydrogens (tertiary/aromatic N) is 3. The Bertz CT molecular complexity index is 692. The van der Waals surface area contributed by atoms with E-state index in [2.05, 4.69) is 9.88 Å². The molecule has 1 aromatic heterocycles. The number of carbonyl (C=O) groups excluding carboxylic acids is 2. The van der Waals surface area contributed by atoms with Crippen molar-refractivity contribution in [2.75, 3.05) is 24.5 Å². The number of pyridine rings is 1. The fourth-order valence-corrected chi connectivity index (χ4v) is 3.85. The summed E-state index contributed by atoms with van der Waals surface area (Å²) >= 11 is 0. The molecule has 0 spiro atoms. The van der Waals surface area contributed by atoms with E-state index >= 15 is 0 Å². The van der Waals surface area contributed by atoms with Gasteiger partial charge in [0.2, 0.25) is 0 Å². The van der Waals surface area contributed by atoms with Gasteiger partial charge in [-0.2, -0.15) is 0 Å². The minimum Gasteiger partial charge on any atom is -0.444 e. The second-order valence-electron chi connectivity index (χ2n) is 9.13. The van der Waals surface area contributed by atoms with Crippen LogP contribution in [0.3, 0.4) is 0 Å². The number of anilines is 1. The van der Waals surface area contributed by atoms with E-state index in [0.717, 1.165) is 38.3 Å². The quantitative estimate of drug-likeness (QED) is 0.705. The summed E-state index contributed by atoms with van der Waals surface area (Å²) in [5, 5.41) is 0. The summed E-state index contributed by atoms with van der Waals surface area (Å²) in [5.74, 6) is 1.48. The van der Waals surface area contributed by atoms with Crippen LogP contribution in [0.4, 0.5) is 10.6 Å². The summed E-state index contributed by atoms with van der Waals surface area (Å²) in [6.45, 7) is 9.74. The predicted octanol–water partition coefficient (Wildman–Crippen LogP) is 4.29. The van der Waals surface area contributed by atoms with Crippen LogP contribution in [0.15, 0.2) is 18.3 Å². The normalized spacial score (nSPS) is 20.4. The third kappa shape index (κ3) is 5.24. The first-order chi connectivity index (χ1) is 13.2. The van der Waals surface area contributed by atoms with E-state index in [0.29, 0.717) is 11.5 Å². The van der Waals surface area contributed by atoms with Gasteiger partial charge in [0.25, 0.3) is 0 Å². The molecule has 6 nitrogen and oxygen atoms in total. The number of amides is 1. The van der Waals surface area contributed by atoms with Crippen molar-refractivity contribution in [1.82, 2.24) is 9.88 Å². The molecule has 0 unspecified atom stereocenters. The lowest BCUT2D eigenvalue weighted by molar-refractivity contribution is 0.00733. The minimum atomic E-state index is -0.493. The molecule has 2 fully saturated rings. The van der Waals surface area contributed by atoms with E-state index in [9.17, 15) is 9.59 Å². The molecule has 1 aliphatic carbocycles. The molecular formula is C22H33N3O3. The molecule has 1 saturated heterocycles. The average molecular weight is 388 g/mol. The average Bonchev–Trinajstić information content (AvgIpc) is 2.59. The van der Waals surface area contributed by atoms with Gasteiger partial charge >= 0.3 is 6.09 Å². The molecule has 3 rings (SSSR count). The van der Waals surface area contributed by atoms with Crippen LogP contribution < -0.4 is 4.90 Å². The Labute approximate surface area is 168 Å². The molecule has 0 aromatic carbocycles. The van der Waals surface area contributed by atoms with E-state index in [1.165, 1.54) is 19.3 Å². The predicted molar refractivity (Wildman–Crippen MR) is 110 cm³/mol. The number of aromatic nitrogens is 1. The number of hydrogen-bond donors (Lipinski definition) is 0. The van der Waals surface area contributed by atoms with Crippen molar-refractivity contribution in [2.24, 2.45) is 5.92 Å². The first kappa shape index (κ1) is 20.6. The third-order valence-electron chi connectivity index (χ3n) is 5.62. The maximum absolute atomic E-state index is 12.9. The molecule has 154 valence electrons. The maximum Gasteiger partial charge on any atom is 0.410 e. The topological polar surface area (TPSA) is 62.7 Å². The summed E-state index contributed by atoms with van der Waals surface area (Å²) in [7, 11) is 0. The molecule has 2 aliphatic rings. The highest BCUT2D eigenvalue weighted by molar-refractivity contribution is 5.93. The van der Waals surface area contributed by atoms with Crippen molar-refractivity contribution in [1.29, 1.82) is 0 Å². The molecule has 2 heterocycles. The van der Waals surface area contributed by atoms with Gasteiger partial charge in [-0.1, -0.05) is 6.42 Å². The Morgan fingerprint density at radius 1 is 1.21 bits per heavy atom. The van der Waals surface area contributed by atoms with Gasteiger partial charge in [0.05, 0.1) is 6.04 Å². The Kier molecular flexibility index (Phi) is 6.26. The third-order valence-corrected chi connectivity index (χ3v) is 5.62. The summed E-state index contributed by atoms with van der Waals surface area (Å²) in [6, 6.07) is 3.86. The smallest absolute Gasteiger partial charge is 0.410 e. The molecular weight excluding hydrogens is 354 g/mol. The molecule has 0 N–H and O–H groups in total. The second-order valence-corrected chi connectivity index (χ2v) is 9.13. The van der Waals surface area contributed by atoms with Gasteiger partial charge in [0.15, 0.2) is 5.78 Å². The van der Waals surface area contributed by atoms with Gasteiger partial charge in [-0.25, -0.2) is 9.78 Å². The van der Waals surface area contributed by atoms with Crippen molar-refractivity contribution in [3.63, 3.8) is 0 Å². The second kappa shape index (κ2) is 8.50. The zero-order valence-electron chi connectivity index (χ0n) is 17.6. The number of hydrogen-bond acceptors (Lipinski definition) is 5. The number of Topliss-reactive ketones (excluding diaryl/α,β-unsaturated/α-hetero) is 1. The SMILES string of the molecule is CC(=O)c1ccc(N2CCC[C@@H](N(CC3CCC3)C(=O)OC(C)(C)C)C2)nc1. The first-order valence-electron chi connectivity index (χ1n) is 10.4. The highest BCUT2D eigenvalue weighted by Gasteiger charge is 2.34. The number of ether oxygens (including phenoxy) is 1. The highest BCUT2D eigenvalue weighted by atomic mass is 16.6. The number of rotatable bonds is 5. The summed E-state index contributed by atoms with van der Waals surface area (Å²) in [6.07, 6.45) is 7.08. The van der Waals surface area contributed by atoms with Crippen molar-refractivity contribution in [2.45, 2.75) is 71.4 Å². The zero-order chi connectivity index (χ0) is 20.3. The van der Waals surface area contributed by atoms with Crippen LogP contribution in [-0.2, 0) is 4.74 Å². The standard InChI is InChI=1S/C22H33N3O3/c1-16(26)18-10-11-20(23-13-18)24-12-6-9-19(15-24)25(14-17-7-5-8-17)21(27)28-22(2,3)4/h10-11,13,17,19H,5-9,12,14-15H2,1-4H3/t19-/m1/s1. The maximum atomic E-state index is 12.9. The van der Waals surface area contributed by atoms with E-state index in [1.54, 1.807) is 13.1 Å². The van der Waals surface area contributed by atoms with Gasteiger partial charge < -0.3 is 14.5 Å². The van der Waals surface area contributed by atoms with Crippen molar-refractivity contribution >= 4 is 17.7 Å². The lowest BCUT2D eigenvalue weighted by atomic mass is 9.84. The van der Waals surface area contributed by atoms with Crippen LogP contribution in [-0.4, -0.2) is 53.0 Å². The fraction of sp³-hybridized carbons (Fsp3) is 0.682. The molecule has 28 heavy (non-hydrogen) atoms. The zero-order valence-corrected chi connectivity index (χ0v) is 17.6. The molecule has 1 aliphatic heterocycles. The lowest BCUT2D eigenvalue weighted by Gasteiger charge is -2.42. The molecule has 1 amide bonds. The monoisotopic (exact) mass is 387 g/mol. The molecule has 1 saturated carbocycles. The fourth-order valence-electron chi connectivity index (χ4n) is 3.85. The summed E-state index contributed by atoms with van der Waals surface area (Å²) < 4.78 is 5.72. The van der Waals surface area contributed by atoms with Gasteiger partial charge in [-0.3, -0.25) is 4.79 Å². The van der Waals surface area contributed by atoms with Crippen molar-refractivity contribution in [3.8, 4) is 0 Å². The van der Waals surface area contributed by atoms with E-state index in [-0.39, 0.29) is 17.9 Å². The Hall–Kier alpha value is -2.11. The lowest BCUT2D eigenvalue weighted by Crippen LogP contribution is -2.53. The first-order valence-corrected chi connectivity index (χ1v) is 10.4. The Balaban J connectivity index is 1.72.